The smallest absolute Gasteiger partial charge is 0.258 e. The minimum absolute atomic E-state index is 0.0397. The molecule has 4 nitrogen and oxygen atoms in total. The third kappa shape index (κ3) is 4.36. The summed E-state index contributed by atoms with van der Waals surface area (Å²) >= 11 is 0. The first-order chi connectivity index (χ1) is 13.5. The quantitative estimate of drug-likeness (QED) is 0.286. The Bertz CT molecular complexity index is 1080. The maximum Gasteiger partial charge on any atom is 0.416 e. The van der Waals surface area contributed by atoms with Crippen molar-refractivity contribution in [3.8, 4) is 22.4 Å². The Morgan fingerprint density at radius 1 is 0.793 bits per heavy atom. The summed E-state index contributed by atoms with van der Waals surface area (Å²) < 4.78 is 78.2. The van der Waals surface area contributed by atoms with Gasteiger partial charge in [0.1, 0.15) is 6.20 Å². The molecular weight excluding hydrogens is 402 g/mol. The zero-order chi connectivity index (χ0) is 21.4. The van der Waals surface area contributed by atoms with E-state index in [9.17, 15) is 36.5 Å². The van der Waals surface area contributed by atoms with Gasteiger partial charge in [0.05, 0.1) is 21.7 Å². The lowest BCUT2D eigenvalue weighted by Gasteiger charge is -2.13. The lowest BCUT2D eigenvalue weighted by molar-refractivity contribution is -0.385. The summed E-state index contributed by atoms with van der Waals surface area (Å²) in [4.78, 5) is 14.2. The first-order valence-corrected chi connectivity index (χ1v) is 7.96. The maximum atomic E-state index is 13.0. The molecule has 1 aromatic heterocycles. The highest BCUT2D eigenvalue weighted by atomic mass is 19.4. The van der Waals surface area contributed by atoms with E-state index in [1.807, 2.05) is 0 Å². The molecule has 0 amide bonds. The molecule has 0 saturated heterocycles. The van der Waals surface area contributed by atoms with Crippen molar-refractivity contribution in [1.82, 2.24) is 4.98 Å². The van der Waals surface area contributed by atoms with Crippen LogP contribution in [-0.4, -0.2) is 9.91 Å². The molecular formula is C19H10F6N2O2. The molecule has 0 atom stereocenters. The van der Waals surface area contributed by atoms with Crippen molar-refractivity contribution < 1.29 is 31.3 Å². The van der Waals surface area contributed by atoms with Crippen LogP contribution in [0.25, 0.3) is 22.4 Å². The third-order valence-electron chi connectivity index (χ3n) is 4.05. The summed E-state index contributed by atoms with van der Waals surface area (Å²) in [5.41, 5.74) is -2.80. The van der Waals surface area contributed by atoms with Gasteiger partial charge < -0.3 is 0 Å². The fourth-order valence-corrected chi connectivity index (χ4v) is 2.71. The molecule has 0 radical (unpaired) electrons. The van der Waals surface area contributed by atoms with Crippen molar-refractivity contribution in [2.24, 2.45) is 0 Å². The summed E-state index contributed by atoms with van der Waals surface area (Å²) in [5, 5.41) is 11.1. The number of benzene rings is 2. The van der Waals surface area contributed by atoms with E-state index < -0.39 is 34.1 Å². The van der Waals surface area contributed by atoms with E-state index in [1.165, 1.54) is 12.1 Å². The summed E-state index contributed by atoms with van der Waals surface area (Å²) in [6, 6.07) is 8.97. The summed E-state index contributed by atoms with van der Waals surface area (Å²) in [7, 11) is 0. The van der Waals surface area contributed by atoms with Gasteiger partial charge in [-0.15, -0.1) is 0 Å². The monoisotopic (exact) mass is 412 g/mol. The summed E-state index contributed by atoms with van der Waals surface area (Å²) in [6.07, 6.45) is -8.47. The zero-order valence-electron chi connectivity index (χ0n) is 14.3. The van der Waals surface area contributed by atoms with E-state index in [1.54, 1.807) is 0 Å². The summed E-state index contributed by atoms with van der Waals surface area (Å²) in [6.45, 7) is 0. The van der Waals surface area contributed by atoms with Crippen LogP contribution in [0, 0.1) is 10.1 Å². The Morgan fingerprint density at radius 2 is 1.31 bits per heavy atom. The molecule has 0 spiro atoms. The van der Waals surface area contributed by atoms with Crippen LogP contribution in [0.4, 0.5) is 32.0 Å². The topological polar surface area (TPSA) is 56.0 Å². The van der Waals surface area contributed by atoms with E-state index in [0.29, 0.717) is 0 Å². The molecule has 10 heteroatoms. The predicted octanol–water partition coefficient (Wildman–Crippen LogP) is 6.36. The number of nitro groups is 1. The Labute approximate surface area is 159 Å². The normalized spacial score (nSPS) is 12.1. The SMILES string of the molecule is O=[N+]([O-])c1cnc(-c2cccc(C(F)(F)F)c2)c(-c2cccc(C(F)(F)F)c2)c1. The van der Waals surface area contributed by atoms with Crippen LogP contribution in [0.15, 0.2) is 60.8 Å². The van der Waals surface area contributed by atoms with E-state index >= 15 is 0 Å². The van der Waals surface area contributed by atoms with Gasteiger partial charge >= 0.3 is 12.4 Å². The van der Waals surface area contributed by atoms with Gasteiger partial charge in [-0.05, 0) is 29.8 Å². The number of hydrogen-bond acceptors (Lipinski definition) is 3. The molecule has 1 heterocycles. The largest absolute Gasteiger partial charge is 0.416 e. The molecule has 3 rings (SSSR count). The number of rotatable bonds is 3. The lowest BCUT2D eigenvalue weighted by atomic mass is 9.96. The van der Waals surface area contributed by atoms with Crippen molar-refractivity contribution in [1.29, 1.82) is 0 Å². The third-order valence-corrected chi connectivity index (χ3v) is 4.05. The Kier molecular flexibility index (Phi) is 5.04. The molecule has 0 saturated carbocycles. The first-order valence-electron chi connectivity index (χ1n) is 7.96. The van der Waals surface area contributed by atoms with Crippen molar-refractivity contribution in [2.75, 3.05) is 0 Å². The second kappa shape index (κ2) is 7.19. The molecule has 0 bridgehead atoms. The van der Waals surface area contributed by atoms with Crippen LogP contribution in [0.3, 0.4) is 0 Å². The molecule has 0 unspecified atom stereocenters. The maximum absolute atomic E-state index is 13.0. The fraction of sp³-hybridized carbons (Fsp3) is 0.105. The standard InChI is InChI=1S/C19H10F6N2O2/c20-18(21,22)13-5-1-3-11(7-13)16-9-15(27(28)29)10-26-17(16)12-4-2-6-14(8-12)19(23,24)25/h1-10H. The van der Waals surface area contributed by atoms with Crippen LogP contribution in [-0.2, 0) is 12.4 Å². The van der Waals surface area contributed by atoms with Crippen LogP contribution in [0.1, 0.15) is 11.1 Å². The van der Waals surface area contributed by atoms with Gasteiger partial charge in [-0.25, -0.2) is 4.98 Å². The number of nitrogens with zero attached hydrogens (tertiary/aromatic N) is 2. The van der Waals surface area contributed by atoms with Crippen LogP contribution in [0.2, 0.25) is 0 Å². The minimum Gasteiger partial charge on any atom is -0.258 e. The highest BCUT2D eigenvalue weighted by molar-refractivity contribution is 5.82. The van der Waals surface area contributed by atoms with Gasteiger partial charge in [0, 0.05) is 17.2 Å². The molecule has 0 N–H and O–H groups in total. The van der Waals surface area contributed by atoms with Gasteiger partial charge in [-0.1, -0.05) is 24.3 Å². The molecule has 3 aromatic rings. The van der Waals surface area contributed by atoms with Crippen LogP contribution >= 0.6 is 0 Å². The number of aromatic nitrogens is 1. The Hall–Kier alpha value is -3.43. The zero-order valence-corrected chi connectivity index (χ0v) is 14.3. The van der Waals surface area contributed by atoms with Gasteiger partial charge in [0.25, 0.3) is 5.69 Å². The summed E-state index contributed by atoms with van der Waals surface area (Å²) in [5.74, 6) is 0. The van der Waals surface area contributed by atoms with Gasteiger partial charge in [0.2, 0.25) is 0 Å². The van der Waals surface area contributed by atoms with Crippen LogP contribution < -0.4 is 0 Å². The van der Waals surface area contributed by atoms with Gasteiger partial charge in [0.15, 0.2) is 0 Å². The van der Waals surface area contributed by atoms with E-state index in [4.69, 9.17) is 0 Å². The number of halogens is 6. The van der Waals surface area contributed by atoms with Crippen molar-refractivity contribution in [2.45, 2.75) is 12.4 Å². The average molecular weight is 412 g/mol. The molecule has 29 heavy (non-hydrogen) atoms. The number of hydrogen-bond donors (Lipinski definition) is 0. The Balaban J connectivity index is 2.24. The molecule has 0 aliphatic heterocycles. The van der Waals surface area contributed by atoms with Crippen LogP contribution in [0.5, 0.6) is 0 Å². The Morgan fingerprint density at radius 3 is 1.83 bits per heavy atom. The van der Waals surface area contributed by atoms with E-state index in [-0.39, 0.29) is 22.4 Å². The highest BCUT2D eigenvalue weighted by Gasteiger charge is 2.32. The van der Waals surface area contributed by atoms with Crippen molar-refractivity contribution in [3.63, 3.8) is 0 Å². The second-order valence-corrected chi connectivity index (χ2v) is 6.00. The molecule has 0 aliphatic carbocycles. The van der Waals surface area contributed by atoms with Crippen molar-refractivity contribution in [3.05, 3.63) is 82.0 Å². The second-order valence-electron chi connectivity index (χ2n) is 6.00. The predicted molar refractivity (Wildman–Crippen MR) is 91.8 cm³/mol. The molecule has 150 valence electrons. The lowest BCUT2D eigenvalue weighted by Crippen LogP contribution is -2.05. The van der Waals surface area contributed by atoms with E-state index in [0.717, 1.165) is 48.7 Å². The minimum atomic E-state index is -4.67. The van der Waals surface area contributed by atoms with Gasteiger partial charge in [-0.3, -0.25) is 10.1 Å². The van der Waals surface area contributed by atoms with Crippen molar-refractivity contribution >= 4 is 5.69 Å². The first kappa shape index (κ1) is 20.3. The number of alkyl halides is 6. The molecule has 0 fully saturated rings. The fourth-order valence-electron chi connectivity index (χ4n) is 2.71. The molecule has 2 aromatic carbocycles. The average Bonchev–Trinajstić information content (AvgIpc) is 2.66. The van der Waals surface area contributed by atoms with Gasteiger partial charge in [-0.2, -0.15) is 26.3 Å². The highest BCUT2D eigenvalue weighted by Crippen LogP contribution is 2.38. The number of pyridine rings is 1. The van der Waals surface area contributed by atoms with E-state index in [2.05, 4.69) is 4.98 Å². The molecule has 0 aliphatic rings.